The molecule has 0 N–H and O–H groups in total. The summed E-state index contributed by atoms with van der Waals surface area (Å²) in [5.41, 5.74) is 0.255. The molecule has 1 atom stereocenters. The highest BCUT2D eigenvalue weighted by Gasteiger charge is 2.21. The molecule has 0 spiro atoms. The number of hydrogen-bond donors (Lipinski definition) is 0. The van der Waals surface area contributed by atoms with Gasteiger partial charge in [0.15, 0.2) is 5.82 Å². The fourth-order valence-electron chi connectivity index (χ4n) is 1.72. The van der Waals surface area contributed by atoms with Gasteiger partial charge in [0.05, 0.1) is 17.7 Å². The molecule has 2 heterocycles. The van der Waals surface area contributed by atoms with Gasteiger partial charge in [0.1, 0.15) is 11.9 Å². The Morgan fingerprint density at radius 1 is 1.27 bits per heavy atom. The molecule has 0 saturated heterocycles. The number of furan rings is 1. The summed E-state index contributed by atoms with van der Waals surface area (Å²) in [7, 11) is 0. The molecule has 0 aromatic carbocycles. The lowest BCUT2D eigenvalue weighted by molar-refractivity contribution is -0.159. The second kappa shape index (κ2) is 6.64. The predicted octanol–water partition coefficient (Wildman–Crippen LogP) is 2.44. The van der Waals surface area contributed by atoms with E-state index in [1.807, 2.05) is 27.7 Å². The van der Waals surface area contributed by atoms with Crippen LogP contribution in [0.5, 0.6) is 0 Å². The molecular weight excluding hydrogens is 284 g/mol. The van der Waals surface area contributed by atoms with Gasteiger partial charge >= 0.3 is 5.97 Å². The van der Waals surface area contributed by atoms with Crippen LogP contribution in [0.25, 0.3) is 11.4 Å². The van der Waals surface area contributed by atoms with Crippen LogP contribution in [-0.2, 0) is 16.0 Å². The minimum Gasteiger partial charge on any atom is -0.472 e. The third kappa shape index (κ3) is 4.61. The maximum Gasteiger partial charge on any atom is 0.309 e. The topological polar surface area (TPSA) is 91.0 Å². The van der Waals surface area contributed by atoms with E-state index in [0.717, 1.165) is 5.56 Å². The van der Waals surface area contributed by atoms with Crippen LogP contribution >= 0.6 is 0 Å². The van der Waals surface area contributed by atoms with E-state index >= 15 is 0 Å². The molecule has 2 rings (SSSR count). The molecule has 2 aromatic rings. The van der Waals surface area contributed by atoms with Crippen molar-refractivity contribution in [1.29, 1.82) is 0 Å². The van der Waals surface area contributed by atoms with Gasteiger partial charge in [0.25, 0.3) is 0 Å². The van der Waals surface area contributed by atoms with Crippen molar-refractivity contribution >= 4 is 5.97 Å². The van der Waals surface area contributed by atoms with E-state index in [4.69, 9.17) is 9.15 Å². The molecule has 0 aliphatic carbocycles. The molecule has 118 valence electrons. The summed E-state index contributed by atoms with van der Waals surface area (Å²) in [4.78, 5) is 11.9. The predicted molar refractivity (Wildman–Crippen MR) is 78.7 cm³/mol. The molecule has 0 saturated carbocycles. The van der Waals surface area contributed by atoms with E-state index in [-0.39, 0.29) is 11.9 Å². The van der Waals surface area contributed by atoms with Crippen LogP contribution < -0.4 is 0 Å². The van der Waals surface area contributed by atoms with Crippen molar-refractivity contribution < 1.29 is 13.9 Å². The van der Waals surface area contributed by atoms with Gasteiger partial charge in [-0.25, -0.2) is 0 Å². The highest BCUT2D eigenvalue weighted by Crippen LogP contribution is 2.15. The normalized spacial score (nSPS) is 12.9. The van der Waals surface area contributed by atoms with Gasteiger partial charge in [-0.2, -0.15) is 0 Å². The van der Waals surface area contributed by atoms with Crippen LogP contribution in [0, 0.1) is 5.92 Å². The summed E-state index contributed by atoms with van der Waals surface area (Å²) >= 11 is 0. The molecule has 22 heavy (non-hydrogen) atoms. The largest absolute Gasteiger partial charge is 0.472 e. The quantitative estimate of drug-likeness (QED) is 0.783. The summed E-state index contributed by atoms with van der Waals surface area (Å²) in [6.45, 7) is 7.38. The zero-order valence-electron chi connectivity index (χ0n) is 13.2. The van der Waals surface area contributed by atoms with Crippen LogP contribution in [-0.4, -0.2) is 32.0 Å². The zero-order chi connectivity index (χ0) is 16.2. The van der Waals surface area contributed by atoms with Crippen molar-refractivity contribution in [2.75, 3.05) is 0 Å². The fourth-order valence-corrected chi connectivity index (χ4v) is 1.72. The Kier molecular flexibility index (Phi) is 4.85. The molecule has 2 aromatic heterocycles. The number of aromatic nitrogens is 4. The van der Waals surface area contributed by atoms with Crippen LogP contribution in [0.1, 0.15) is 39.9 Å². The van der Waals surface area contributed by atoms with Crippen LogP contribution in [0.3, 0.4) is 0 Å². The van der Waals surface area contributed by atoms with Crippen LogP contribution in [0.2, 0.25) is 0 Å². The third-order valence-electron chi connectivity index (χ3n) is 2.91. The minimum atomic E-state index is -0.475. The van der Waals surface area contributed by atoms with Crippen molar-refractivity contribution in [3.8, 4) is 11.4 Å². The Morgan fingerprint density at radius 3 is 2.50 bits per heavy atom. The second-order valence-corrected chi connectivity index (χ2v) is 6.13. The van der Waals surface area contributed by atoms with Gasteiger partial charge in [-0.05, 0) is 33.3 Å². The number of rotatable bonds is 5. The van der Waals surface area contributed by atoms with E-state index in [0.29, 0.717) is 24.5 Å². The van der Waals surface area contributed by atoms with E-state index in [2.05, 4.69) is 20.4 Å². The summed E-state index contributed by atoms with van der Waals surface area (Å²) < 4.78 is 10.3. The zero-order valence-corrected chi connectivity index (χ0v) is 13.2. The van der Waals surface area contributed by atoms with Gasteiger partial charge in [-0.15, -0.1) is 20.4 Å². The lowest BCUT2D eigenvalue weighted by Crippen LogP contribution is -2.28. The lowest BCUT2D eigenvalue weighted by atomic mass is 10.1. The summed E-state index contributed by atoms with van der Waals surface area (Å²) in [6, 6.07) is 1.74. The first kappa shape index (κ1) is 16.1. The Labute approximate surface area is 129 Å². The molecule has 0 amide bonds. The number of carbonyl (C=O) groups excluding carboxylic acids is 1. The Balaban J connectivity index is 1.88. The number of ether oxygens (including phenoxy) is 1. The van der Waals surface area contributed by atoms with Gasteiger partial charge in [0.2, 0.25) is 5.82 Å². The van der Waals surface area contributed by atoms with Gasteiger partial charge in [-0.1, -0.05) is 6.92 Å². The number of hydrogen-bond acceptors (Lipinski definition) is 7. The molecule has 0 fully saturated rings. The van der Waals surface area contributed by atoms with E-state index in [9.17, 15) is 4.79 Å². The SMILES string of the molecule is C[C@@H](CCc1nnc(-c2ccoc2)nn1)C(=O)OC(C)(C)C. The Hall–Kier alpha value is -2.31. The van der Waals surface area contributed by atoms with Crippen molar-refractivity contribution in [3.63, 3.8) is 0 Å². The summed E-state index contributed by atoms with van der Waals surface area (Å²) in [5.74, 6) is 0.472. The molecular formula is C15H20N4O3. The number of esters is 1. The standard InChI is InChI=1S/C15H20N4O3/c1-10(14(20)22-15(2,3)4)5-6-12-16-18-13(19-17-12)11-7-8-21-9-11/h7-10H,5-6H2,1-4H3/t10-/m0/s1. The fraction of sp³-hybridized carbons (Fsp3) is 0.533. The van der Waals surface area contributed by atoms with E-state index in [1.165, 1.54) is 12.5 Å². The van der Waals surface area contributed by atoms with Crippen molar-refractivity contribution in [3.05, 3.63) is 24.4 Å². The average molecular weight is 304 g/mol. The average Bonchev–Trinajstić information content (AvgIpc) is 2.97. The molecule has 0 aliphatic rings. The number of nitrogens with zero attached hydrogens (tertiary/aromatic N) is 4. The van der Waals surface area contributed by atoms with Gasteiger partial charge < -0.3 is 9.15 Å². The first-order valence-electron chi connectivity index (χ1n) is 7.17. The van der Waals surface area contributed by atoms with E-state index in [1.54, 1.807) is 6.07 Å². The first-order valence-corrected chi connectivity index (χ1v) is 7.17. The molecule has 7 heteroatoms. The van der Waals surface area contributed by atoms with Crippen LogP contribution in [0.15, 0.2) is 23.0 Å². The minimum absolute atomic E-state index is 0.219. The third-order valence-corrected chi connectivity index (χ3v) is 2.91. The summed E-state index contributed by atoms with van der Waals surface area (Å²) in [5, 5.41) is 16.1. The molecule has 0 radical (unpaired) electrons. The molecule has 0 bridgehead atoms. The van der Waals surface area contributed by atoms with Gasteiger partial charge in [0, 0.05) is 6.42 Å². The highest BCUT2D eigenvalue weighted by molar-refractivity contribution is 5.72. The Morgan fingerprint density at radius 2 is 1.95 bits per heavy atom. The maximum absolute atomic E-state index is 11.9. The number of aryl methyl sites for hydroxylation is 1. The van der Waals surface area contributed by atoms with Crippen molar-refractivity contribution in [2.45, 2.75) is 46.1 Å². The monoisotopic (exact) mass is 304 g/mol. The molecule has 0 aliphatic heterocycles. The lowest BCUT2D eigenvalue weighted by Gasteiger charge is -2.22. The molecule has 0 unspecified atom stereocenters. The van der Waals surface area contributed by atoms with Crippen LogP contribution in [0.4, 0.5) is 0 Å². The maximum atomic E-state index is 11.9. The first-order chi connectivity index (χ1) is 10.3. The number of carbonyl (C=O) groups is 1. The van der Waals surface area contributed by atoms with Crippen molar-refractivity contribution in [2.24, 2.45) is 5.92 Å². The van der Waals surface area contributed by atoms with Gasteiger partial charge in [-0.3, -0.25) is 4.79 Å². The second-order valence-electron chi connectivity index (χ2n) is 6.13. The molecule has 7 nitrogen and oxygen atoms in total. The van der Waals surface area contributed by atoms with E-state index < -0.39 is 5.60 Å². The Bertz CT molecular complexity index is 603. The van der Waals surface area contributed by atoms with Crippen molar-refractivity contribution in [1.82, 2.24) is 20.4 Å². The smallest absolute Gasteiger partial charge is 0.309 e. The highest BCUT2D eigenvalue weighted by atomic mass is 16.6. The summed E-state index contributed by atoms with van der Waals surface area (Å²) in [6.07, 6.45) is 4.17.